The summed E-state index contributed by atoms with van der Waals surface area (Å²) < 4.78 is 0. The van der Waals surface area contributed by atoms with Gasteiger partial charge in [-0.3, -0.25) is 4.90 Å². The Hall–Kier alpha value is 0.280. The third kappa shape index (κ3) is 2.96. The zero-order valence-corrected chi connectivity index (χ0v) is 9.29. The number of likely N-dealkylation sites (tertiary alicyclic amines) is 1. The molecule has 0 aliphatic carbocycles. The van der Waals surface area contributed by atoms with Crippen LogP contribution in [0.1, 0.15) is 20.3 Å². The molecule has 0 spiro atoms. The van der Waals surface area contributed by atoms with E-state index in [2.05, 4.69) is 25.3 Å². The van der Waals surface area contributed by atoms with Gasteiger partial charge in [0.2, 0.25) is 0 Å². The van der Waals surface area contributed by atoms with Crippen LogP contribution in [0.3, 0.4) is 0 Å². The summed E-state index contributed by atoms with van der Waals surface area (Å²) in [4.78, 5) is 2.39. The second-order valence-corrected chi connectivity index (χ2v) is 4.03. The summed E-state index contributed by atoms with van der Waals surface area (Å²) >= 11 is 5.73. The SMILES string of the molecule is C=C(Cl)CN1CCC(C)C1C.Cl. The Morgan fingerprint density at radius 3 is 2.50 bits per heavy atom. The highest BCUT2D eigenvalue weighted by Crippen LogP contribution is 2.24. The average Bonchev–Trinajstić information content (AvgIpc) is 2.18. The number of rotatable bonds is 2. The van der Waals surface area contributed by atoms with Crippen molar-refractivity contribution >= 4 is 24.0 Å². The van der Waals surface area contributed by atoms with Gasteiger partial charge in [-0.25, -0.2) is 0 Å². The van der Waals surface area contributed by atoms with Crippen molar-refractivity contribution in [2.75, 3.05) is 13.1 Å². The summed E-state index contributed by atoms with van der Waals surface area (Å²) in [5.41, 5.74) is 0. The summed E-state index contributed by atoms with van der Waals surface area (Å²) in [5, 5.41) is 0.756. The van der Waals surface area contributed by atoms with Crippen LogP contribution in [0.25, 0.3) is 0 Å². The lowest BCUT2D eigenvalue weighted by atomic mass is 10.1. The molecule has 1 heterocycles. The quantitative estimate of drug-likeness (QED) is 0.677. The van der Waals surface area contributed by atoms with Crippen LogP contribution in [-0.4, -0.2) is 24.0 Å². The number of hydrogen-bond acceptors (Lipinski definition) is 1. The fraction of sp³-hybridized carbons (Fsp3) is 0.778. The van der Waals surface area contributed by atoms with Crippen LogP contribution in [0.5, 0.6) is 0 Å². The Morgan fingerprint density at radius 1 is 1.58 bits per heavy atom. The molecule has 0 bridgehead atoms. The third-order valence-electron chi connectivity index (χ3n) is 2.65. The Kier molecular flexibility index (Phi) is 5.22. The van der Waals surface area contributed by atoms with Crippen LogP contribution in [-0.2, 0) is 0 Å². The number of nitrogens with zero attached hydrogens (tertiary/aromatic N) is 1. The van der Waals surface area contributed by atoms with Crippen LogP contribution in [0, 0.1) is 5.92 Å². The van der Waals surface area contributed by atoms with E-state index in [4.69, 9.17) is 11.6 Å². The number of halogens is 2. The van der Waals surface area contributed by atoms with Crippen molar-refractivity contribution in [3.05, 3.63) is 11.6 Å². The van der Waals surface area contributed by atoms with Crippen molar-refractivity contribution in [2.45, 2.75) is 26.3 Å². The molecule has 0 aromatic rings. The predicted molar refractivity (Wildman–Crippen MR) is 57.1 cm³/mol. The lowest BCUT2D eigenvalue weighted by molar-refractivity contribution is 0.271. The van der Waals surface area contributed by atoms with Gasteiger partial charge in [-0.2, -0.15) is 0 Å². The van der Waals surface area contributed by atoms with Crippen molar-refractivity contribution < 1.29 is 0 Å². The highest BCUT2D eigenvalue weighted by molar-refractivity contribution is 6.29. The smallest absolute Gasteiger partial charge is 0.0338 e. The molecule has 1 rings (SSSR count). The van der Waals surface area contributed by atoms with Gasteiger partial charge >= 0.3 is 0 Å². The van der Waals surface area contributed by atoms with E-state index in [1.54, 1.807) is 0 Å². The van der Waals surface area contributed by atoms with E-state index in [1.807, 2.05) is 0 Å². The molecule has 0 N–H and O–H groups in total. The molecule has 0 amide bonds. The first-order valence-electron chi connectivity index (χ1n) is 4.18. The van der Waals surface area contributed by atoms with E-state index >= 15 is 0 Å². The van der Waals surface area contributed by atoms with E-state index < -0.39 is 0 Å². The molecule has 1 fully saturated rings. The Bertz CT molecular complexity index is 159. The monoisotopic (exact) mass is 209 g/mol. The van der Waals surface area contributed by atoms with Gasteiger partial charge in [0.15, 0.2) is 0 Å². The van der Waals surface area contributed by atoms with Gasteiger partial charge in [0.05, 0.1) is 0 Å². The minimum absolute atomic E-state index is 0. The molecule has 0 aromatic carbocycles. The average molecular weight is 210 g/mol. The third-order valence-corrected chi connectivity index (χ3v) is 2.77. The van der Waals surface area contributed by atoms with Gasteiger partial charge in [0, 0.05) is 17.6 Å². The topological polar surface area (TPSA) is 3.24 Å². The van der Waals surface area contributed by atoms with Gasteiger partial charge < -0.3 is 0 Å². The Balaban J connectivity index is 0.00000121. The second-order valence-electron chi connectivity index (χ2n) is 3.49. The van der Waals surface area contributed by atoms with Gasteiger partial charge in [0.25, 0.3) is 0 Å². The highest BCUT2D eigenvalue weighted by Gasteiger charge is 2.26. The second kappa shape index (κ2) is 5.11. The van der Waals surface area contributed by atoms with Crippen LogP contribution in [0.15, 0.2) is 11.6 Å². The lowest BCUT2D eigenvalue weighted by Gasteiger charge is -2.22. The van der Waals surface area contributed by atoms with Crippen LogP contribution in [0.2, 0.25) is 0 Å². The summed E-state index contributed by atoms with van der Waals surface area (Å²) in [5.74, 6) is 0.811. The zero-order valence-electron chi connectivity index (χ0n) is 7.72. The van der Waals surface area contributed by atoms with E-state index in [-0.39, 0.29) is 12.4 Å². The summed E-state index contributed by atoms with van der Waals surface area (Å²) in [7, 11) is 0. The lowest BCUT2D eigenvalue weighted by Crippen LogP contribution is -2.30. The Labute approximate surface area is 86.2 Å². The molecule has 0 saturated carbocycles. The summed E-state index contributed by atoms with van der Waals surface area (Å²) in [6.45, 7) is 10.3. The normalized spacial score (nSPS) is 29.9. The molecule has 3 heteroatoms. The molecule has 0 aromatic heterocycles. The van der Waals surface area contributed by atoms with Crippen LogP contribution >= 0.6 is 24.0 Å². The minimum Gasteiger partial charge on any atom is -0.295 e. The first kappa shape index (κ1) is 12.3. The molecule has 1 nitrogen and oxygen atoms in total. The van der Waals surface area contributed by atoms with E-state index in [0.29, 0.717) is 6.04 Å². The molecule has 1 aliphatic rings. The maximum absolute atomic E-state index is 5.73. The van der Waals surface area contributed by atoms with Crippen molar-refractivity contribution in [3.8, 4) is 0 Å². The largest absolute Gasteiger partial charge is 0.295 e. The first-order chi connectivity index (χ1) is 5.11. The van der Waals surface area contributed by atoms with Gasteiger partial charge in [-0.1, -0.05) is 25.1 Å². The molecule has 12 heavy (non-hydrogen) atoms. The molecular formula is C9H17Cl2N. The molecule has 2 unspecified atom stereocenters. The van der Waals surface area contributed by atoms with Crippen LogP contribution < -0.4 is 0 Å². The van der Waals surface area contributed by atoms with Crippen LogP contribution in [0.4, 0.5) is 0 Å². The first-order valence-corrected chi connectivity index (χ1v) is 4.56. The van der Waals surface area contributed by atoms with Gasteiger partial charge in [0.1, 0.15) is 0 Å². The fourth-order valence-corrected chi connectivity index (χ4v) is 1.77. The number of hydrogen-bond donors (Lipinski definition) is 0. The van der Waals surface area contributed by atoms with E-state index in [1.165, 1.54) is 13.0 Å². The molecule has 1 aliphatic heterocycles. The zero-order chi connectivity index (χ0) is 8.43. The molecule has 1 saturated heterocycles. The predicted octanol–water partition coefficient (Wildman–Crippen LogP) is 2.89. The summed E-state index contributed by atoms with van der Waals surface area (Å²) in [6.07, 6.45) is 1.30. The highest BCUT2D eigenvalue weighted by atomic mass is 35.5. The van der Waals surface area contributed by atoms with Crippen molar-refractivity contribution in [1.29, 1.82) is 0 Å². The van der Waals surface area contributed by atoms with Crippen molar-refractivity contribution in [2.24, 2.45) is 5.92 Å². The van der Waals surface area contributed by atoms with E-state index in [0.717, 1.165) is 17.5 Å². The Morgan fingerprint density at radius 2 is 2.17 bits per heavy atom. The standard InChI is InChI=1S/C9H16ClN.ClH/c1-7-4-5-11(9(7)3)6-8(2)10;/h7,9H,2,4-6H2,1,3H3;1H. The minimum atomic E-state index is 0. The van der Waals surface area contributed by atoms with Gasteiger partial charge in [-0.15, -0.1) is 12.4 Å². The van der Waals surface area contributed by atoms with Crippen molar-refractivity contribution in [1.82, 2.24) is 4.90 Å². The van der Waals surface area contributed by atoms with E-state index in [9.17, 15) is 0 Å². The molecule has 0 radical (unpaired) electrons. The maximum atomic E-state index is 5.73. The summed E-state index contributed by atoms with van der Waals surface area (Å²) in [6, 6.07) is 0.672. The van der Waals surface area contributed by atoms with Crippen molar-refractivity contribution in [3.63, 3.8) is 0 Å². The fourth-order valence-electron chi connectivity index (χ4n) is 1.62. The molecule has 72 valence electrons. The van der Waals surface area contributed by atoms with Gasteiger partial charge in [-0.05, 0) is 25.8 Å². The maximum Gasteiger partial charge on any atom is 0.0338 e. The molecular weight excluding hydrogens is 193 g/mol. The molecule has 2 atom stereocenters.